The fourth-order valence-electron chi connectivity index (χ4n) is 6.19. The Morgan fingerprint density at radius 1 is 0.946 bits per heavy atom. The third-order valence-electron chi connectivity index (χ3n) is 8.78. The molecule has 2 aromatic rings. The predicted molar refractivity (Wildman–Crippen MR) is 141 cm³/mol. The molecule has 9 nitrogen and oxygen atoms in total. The normalized spacial score (nSPS) is 20.8. The van der Waals surface area contributed by atoms with E-state index in [2.05, 4.69) is 41.8 Å². The topological polar surface area (TPSA) is 74.2 Å². The monoisotopic (exact) mass is 506 g/mol. The van der Waals surface area contributed by atoms with E-state index in [-0.39, 0.29) is 18.4 Å². The van der Waals surface area contributed by atoms with Gasteiger partial charge in [0.25, 0.3) is 5.91 Å². The second-order valence-electron chi connectivity index (χ2n) is 10.9. The van der Waals surface area contributed by atoms with Crippen molar-refractivity contribution in [2.75, 3.05) is 70.5 Å². The standard InChI is InChI=1S/C28H38N6O3/c1-20-5-3-7-24(21(20)2)31-11-13-32(14-12-31)26(35)17-34-25-8-4-6-23(25)27(29-34)28(36)33-15-9-30(10-16-33)22-18-37-19-22/h3,5,7,22H,4,6,8-19H2,1-2H3. The Bertz CT molecular complexity index is 1170. The first kappa shape index (κ1) is 24.4. The van der Waals surface area contributed by atoms with E-state index >= 15 is 0 Å². The number of hydrogen-bond acceptors (Lipinski definition) is 6. The van der Waals surface area contributed by atoms with Crippen LogP contribution >= 0.6 is 0 Å². The first-order valence-corrected chi connectivity index (χ1v) is 13.8. The van der Waals surface area contributed by atoms with Crippen molar-refractivity contribution in [1.29, 1.82) is 0 Å². The van der Waals surface area contributed by atoms with Gasteiger partial charge in [0, 0.05) is 69.3 Å². The largest absolute Gasteiger partial charge is 0.378 e. The van der Waals surface area contributed by atoms with E-state index in [9.17, 15) is 9.59 Å². The molecule has 198 valence electrons. The van der Waals surface area contributed by atoms with Crippen LogP contribution in [0.4, 0.5) is 5.69 Å². The number of rotatable bonds is 5. The molecule has 0 radical (unpaired) electrons. The molecule has 37 heavy (non-hydrogen) atoms. The number of hydrogen-bond donors (Lipinski definition) is 0. The molecule has 6 rings (SSSR count). The lowest BCUT2D eigenvalue weighted by atomic mass is 10.1. The van der Waals surface area contributed by atoms with Crippen molar-refractivity contribution in [3.63, 3.8) is 0 Å². The van der Waals surface area contributed by atoms with Gasteiger partial charge in [0.2, 0.25) is 5.91 Å². The number of nitrogens with zero attached hydrogens (tertiary/aromatic N) is 6. The van der Waals surface area contributed by atoms with Crippen molar-refractivity contribution < 1.29 is 14.3 Å². The van der Waals surface area contributed by atoms with Gasteiger partial charge in [-0.1, -0.05) is 12.1 Å². The highest BCUT2D eigenvalue weighted by Crippen LogP contribution is 2.28. The summed E-state index contributed by atoms with van der Waals surface area (Å²) >= 11 is 0. The number of anilines is 1. The van der Waals surface area contributed by atoms with Crippen LogP contribution in [0, 0.1) is 13.8 Å². The molecule has 3 aliphatic heterocycles. The Labute approximate surface area is 218 Å². The van der Waals surface area contributed by atoms with Crippen molar-refractivity contribution in [1.82, 2.24) is 24.5 Å². The zero-order valence-electron chi connectivity index (χ0n) is 22.1. The summed E-state index contributed by atoms with van der Waals surface area (Å²) in [5.74, 6) is 0.115. The molecule has 1 aromatic carbocycles. The third-order valence-corrected chi connectivity index (χ3v) is 8.78. The van der Waals surface area contributed by atoms with Crippen molar-refractivity contribution in [2.45, 2.75) is 45.7 Å². The van der Waals surface area contributed by atoms with Gasteiger partial charge in [-0.25, -0.2) is 0 Å². The first-order chi connectivity index (χ1) is 18.0. The zero-order chi connectivity index (χ0) is 25.5. The average molecular weight is 507 g/mol. The summed E-state index contributed by atoms with van der Waals surface area (Å²) in [5, 5.41) is 4.74. The fourth-order valence-corrected chi connectivity index (χ4v) is 6.19. The summed E-state index contributed by atoms with van der Waals surface area (Å²) in [6, 6.07) is 6.93. The van der Waals surface area contributed by atoms with Crippen LogP contribution < -0.4 is 4.90 Å². The summed E-state index contributed by atoms with van der Waals surface area (Å²) in [6.45, 7) is 12.4. The summed E-state index contributed by atoms with van der Waals surface area (Å²) in [6.07, 6.45) is 2.78. The minimum absolute atomic E-state index is 0.0241. The highest BCUT2D eigenvalue weighted by Gasteiger charge is 2.34. The Hall–Kier alpha value is -2.91. The number of fused-ring (bicyclic) bond motifs is 1. The number of aryl methyl sites for hydroxylation is 1. The van der Waals surface area contributed by atoms with Crippen molar-refractivity contribution in [3.05, 3.63) is 46.3 Å². The summed E-state index contributed by atoms with van der Waals surface area (Å²) < 4.78 is 7.16. The van der Waals surface area contributed by atoms with Crippen LogP contribution in [-0.4, -0.2) is 108 Å². The molecule has 0 bridgehead atoms. The number of carbonyl (C=O) groups is 2. The highest BCUT2D eigenvalue weighted by atomic mass is 16.5. The fraction of sp³-hybridized carbons (Fsp3) is 0.607. The first-order valence-electron chi connectivity index (χ1n) is 13.8. The summed E-state index contributed by atoms with van der Waals surface area (Å²) in [7, 11) is 0. The molecule has 0 spiro atoms. The molecular weight excluding hydrogens is 468 g/mol. The van der Waals surface area contributed by atoms with Gasteiger partial charge in [0.05, 0.1) is 19.3 Å². The smallest absolute Gasteiger partial charge is 0.274 e. The van der Waals surface area contributed by atoms with E-state index in [1.165, 1.54) is 16.8 Å². The van der Waals surface area contributed by atoms with Gasteiger partial charge in [-0.05, 0) is 50.3 Å². The summed E-state index contributed by atoms with van der Waals surface area (Å²) in [5.41, 5.74) is 6.58. The number of amides is 2. The highest BCUT2D eigenvalue weighted by molar-refractivity contribution is 5.94. The van der Waals surface area contributed by atoms with Gasteiger partial charge in [-0.15, -0.1) is 0 Å². The van der Waals surface area contributed by atoms with E-state index in [1.54, 1.807) is 0 Å². The molecule has 3 saturated heterocycles. The Kier molecular flexibility index (Phi) is 6.67. The lowest BCUT2D eigenvalue weighted by molar-refractivity contribution is -0.132. The predicted octanol–water partition coefficient (Wildman–Crippen LogP) is 1.49. The molecule has 3 fully saturated rings. The molecule has 4 heterocycles. The van der Waals surface area contributed by atoms with Gasteiger partial charge >= 0.3 is 0 Å². The maximum atomic E-state index is 13.4. The van der Waals surface area contributed by atoms with Crippen LogP contribution in [0.5, 0.6) is 0 Å². The van der Waals surface area contributed by atoms with Crippen LogP contribution in [0.25, 0.3) is 0 Å². The molecule has 0 N–H and O–H groups in total. The van der Waals surface area contributed by atoms with Crippen molar-refractivity contribution >= 4 is 17.5 Å². The van der Waals surface area contributed by atoms with Crippen LogP contribution in [-0.2, 0) is 28.9 Å². The number of ether oxygens (including phenoxy) is 1. The second kappa shape index (κ2) is 10.1. The minimum atomic E-state index is 0.0241. The van der Waals surface area contributed by atoms with Gasteiger partial charge in [0.15, 0.2) is 5.69 Å². The maximum Gasteiger partial charge on any atom is 0.274 e. The van der Waals surface area contributed by atoms with Crippen molar-refractivity contribution in [3.8, 4) is 0 Å². The van der Waals surface area contributed by atoms with Gasteiger partial charge in [0.1, 0.15) is 6.54 Å². The van der Waals surface area contributed by atoms with Crippen LogP contribution in [0.1, 0.15) is 39.3 Å². The van der Waals surface area contributed by atoms with Gasteiger partial charge in [-0.3, -0.25) is 19.2 Å². The van der Waals surface area contributed by atoms with E-state index < -0.39 is 0 Å². The lowest BCUT2D eigenvalue weighted by Crippen LogP contribution is -2.57. The van der Waals surface area contributed by atoms with E-state index in [0.717, 1.165) is 83.0 Å². The molecule has 9 heteroatoms. The number of benzene rings is 1. The lowest BCUT2D eigenvalue weighted by Gasteiger charge is -2.42. The maximum absolute atomic E-state index is 13.4. The second-order valence-corrected chi connectivity index (χ2v) is 10.9. The van der Waals surface area contributed by atoms with E-state index in [1.807, 2.05) is 14.5 Å². The Morgan fingerprint density at radius 3 is 2.38 bits per heavy atom. The van der Waals surface area contributed by atoms with Crippen molar-refractivity contribution in [2.24, 2.45) is 0 Å². The molecule has 4 aliphatic rings. The third kappa shape index (κ3) is 4.63. The summed E-state index contributed by atoms with van der Waals surface area (Å²) in [4.78, 5) is 35.4. The van der Waals surface area contributed by atoms with Gasteiger partial charge in [-0.2, -0.15) is 5.10 Å². The number of carbonyl (C=O) groups excluding carboxylic acids is 2. The van der Waals surface area contributed by atoms with Crippen LogP contribution in [0.15, 0.2) is 18.2 Å². The Morgan fingerprint density at radius 2 is 1.68 bits per heavy atom. The zero-order valence-corrected chi connectivity index (χ0v) is 22.1. The van der Waals surface area contributed by atoms with E-state index in [0.29, 0.717) is 24.8 Å². The van der Waals surface area contributed by atoms with E-state index in [4.69, 9.17) is 9.84 Å². The minimum Gasteiger partial charge on any atom is -0.378 e. The Balaban J connectivity index is 1.09. The van der Waals surface area contributed by atoms with Crippen LogP contribution in [0.3, 0.4) is 0 Å². The van der Waals surface area contributed by atoms with Crippen LogP contribution in [0.2, 0.25) is 0 Å². The average Bonchev–Trinajstić information content (AvgIpc) is 3.49. The SMILES string of the molecule is Cc1cccc(N2CCN(C(=O)Cn3nc(C(=O)N4CCN(C5COC5)CC4)c4c3CCC4)CC2)c1C. The molecule has 0 unspecified atom stereocenters. The number of aromatic nitrogens is 2. The molecule has 1 aliphatic carbocycles. The number of piperazine rings is 2. The molecule has 0 atom stereocenters. The molecule has 1 aromatic heterocycles. The quantitative estimate of drug-likeness (QED) is 0.612. The molecular formula is C28H38N6O3. The molecule has 2 amide bonds. The van der Waals surface area contributed by atoms with Gasteiger partial charge < -0.3 is 19.4 Å². The molecule has 0 saturated carbocycles.